The Balaban J connectivity index is 1.35. The van der Waals surface area contributed by atoms with Crippen molar-refractivity contribution in [2.75, 3.05) is 31.6 Å². The molecule has 4 aliphatic heterocycles. The summed E-state index contributed by atoms with van der Waals surface area (Å²) in [7, 11) is -0.754. The summed E-state index contributed by atoms with van der Waals surface area (Å²) >= 11 is 0. The Hall–Kier alpha value is -3.13. The van der Waals surface area contributed by atoms with Gasteiger partial charge in [0.25, 0.3) is 11.8 Å². The highest BCUT2D eigenvalue weighted by Gasteiger charge is 2.53. The molecule has 248 valence electrons. The number of benzene rings is 1. The Bertz CT molecular complexity index is 1520. The second-order valence-corrected chi connectivity index (χ2v) is 14.8. The van der Waals surface area contributed by atoms with Crippen molar-refractivity contribution in [1.29, 1.82) is 0 Å². The first-order chi connectivity index (χ1) is 21.4. The molecular formula is C33H43BF2N4O6. The number of carbonyl (C=O) groups excluding carboxylic acids is 2. The summed E-state index contributed by atoms with van der Waals surface area (Å²) in [4.78, 5) is 34.8. The summed E-state index contributed by atoms with van der Waals surface area (Å²) in [5.74, 6) is -2.64. The van der Waals surface area contributed by atoms with Crippen molar-refractivity contribution >= 4 is 36.1 Å². The zero-order valence-corrected chi connectivity index (χ0v) is 27.7. The Kier molecular flexibility index (Phi) is 8.23. The van der Waals surface area contributed by atoms with Crippen LogP contribution in [0.4, 0.5) is 25.1 Å². The van der Waals surface area contributed by atoms with E-state index in [0.717, 1.165) is 16.9 Å². The van der Waals surface area contributed by atoms with Gasteiger partial charge in [-0.15, -0.1) is 0 Å². The summed E-state index contributed by atoms with van der Waals surface area (Å²) in [6.45, 7) is 14.5. The van der Waals surface area contributed by atoms with Gasteiger partial charge in [0, 0.05) is 32.0 Å². The van der Waals surface area contributed by atoms with Crippen LogP contribution in [0.1, 0.15) is 94.4 Å². The molecule has 0 aliphatic carbocycles. The van der Waals surface area contributed by atoms with E-state index in [9.17, 15) is 18.4 Å². The molecule has 0 bridgehead atoms. The van der Waals surface area contributed by atoms with Crippen LogP contribution >= 0.6 is 0 Å². The van der Waals surface area contributed by atoms with Gasteiger partial charge in [-0.2, -0.15) is 0 Å². The van der Waals surface area contributed by atoms with Gasteiger partial charge in [-0.25, -0.2) is 23.5 Å². The van der Waals surface area contributed by atoms with Gasteiger partial charge in [-0.3, -0.25) is 9.69 Å². The number of hydrogen-bond acceptors (Lipinski definition) is 9. The number of nitrogens with zero attached hydrogens (tertiary/aromatic N) is 3. The van der Waals surface area contributed by atoms with Crippen LogP contribution in [-0.2, 0) is 31.9 Å². The maximum absolute atomic E-state index is 14.1. The first kappa shape index (κ1) is 32.8. The first-order valence-corrected chi connectivity index (χ1v) is 15.9. The highest BCUT2D eigenvalue weighted by atomic mass is 19.3. The topological polar surface area (TPSA) is 102 Å². The predicted molar refractivity (Wildman–Crippen MR) is 169 cm³/mol. The number of hydrogen-bond donors (Lipinski definition) is 1. The number of imide groups is 1. The number of carbonyl (C=O) groups is 2. The van der Waals surface area contributed by atoms with Crippen LogP contribution in [0.2, 0.25) is 0 Å². The minimum Gasteiger partial charge on any atom is -0.443 e. The van der Waals surface area contributed by atoms with E-state index >= 15 is 0 Å². The summed E-state index contributed by atoms with van der Waals surface area (Å²) < 4.78 is 52.0. The van der Waals surface area contributed by atoms with Gasteiger partial charge >= 0.3 is 13.2 Å². The number of nitrogens with one attached hydrogen (secondary N) is 1. The minimum absolute atomic E-state index is 0.0134. The van der Waals surface area contributed by atoms with E-state index in [-0.39, 0.29) is 38.5 Å². The third-order valence-electron chi connectivity index (χ3n) is 9.51. The van der Waals surface area contributed by atoms with Crippen LogP contribution in [0.15, 0.2) is 24.3 Å². The second-order valence-electron chi connectivity index (χ2n) is 14.8. The summed E-state index contributed by atoms with van der Waals surface area (Å²) in [6, 6.07) is 7.39. The maximum atomic E-state index is 14.1. The largest absolute Gasteiger partial charge is 0.495 e. The van der Waals surface area contributed by atoms with E-state index in [1.165, 1.54) is 0 Å². The van der Waals surface area contributed by atoms with Gasteiger partial charge in [0.1, 0.15) is 11.4 Å². The first-order valence-electron chi connectivity index (χ1n) is 15.9. The molecule has 1 unspecified atom stereocenters. The smallest absolute Gasteiger partial charge is 0.443 e. The van der Waals surface area contributed by atoms with Crippen LogP contribution in [0, 0.1) is 0 Å². The zero-order chi connectivity index (χ0) is 33.2. The van der Waals surface area contributed by atoms with Crippen molar-refractivity contribution in [2.45, 2.75) is 103 Å². The number of halogens is 2. The van der Waals surface area contributed by atoms with Crippen LogP contribution in [0.3, 0.4) is 0 Å². The molecule has 6 rings (SSSR count). The summed E-state index contributed by atoms with van der Waals surface area (Å²) in [6.07, 6.45) is -0.0873. The minimum atomic E-state index is -2.72. The van der Waals surface area contributed by atoms with Gasteiger partial charge in [0.05, 0.1) is 47.8 Å². The number of anilines is 2. The molecule has 3 fully saturated rings. The molecule has 2 aromatic rings. The molecule has 1 atom stereocenters. The lowest BCUT2D eigenvalue weighted by atomic mass is 9.74. The molecule has 0 saturated carbocycles. The number of alkyl halides is 2. The van der Waals surface area contributed by atoms with Crippen LogP contribution < -0.4 is 10.8 Å². The standard InChI is InChI=1S/C33H43BF2N4O6/c1-30(2,3)44-29(42)40-16-22-23(34-45-31(4,5)32(6,7)46-34)9-10-24(27(22)28(40)41)37-26-11-8-21(20-12-15-43-18-20)25(38-26)17-39-14-13-33(35,36)19-39/h8-11,20H,12-19H2,1-7H3,(H,37,38). The fraction of sp³-hybridized carbons (Fsp3) is 0.606. The number of rotatable bonds is 6. The number of amides is 2. The highest BCUT2D eigenvalue weighted by Crippen LogP contribution is 2.39. The normalized spacial score (nSPS) is 23.7. The summed E-state index contributed by atoms with van der Waals surface area (Å²) in [5, 5.41) is 3.30. The average molecular weight is 641 g/mol. The van der Waals surface area contributed by atoms with Crippen molar-refractivity contribution in [3.63, 3.8) is 0 Å². The molecule has 1 aromatic heterocycles. The van der Waals surface area contributed by atoms with Gasteiger partial charge in [-0.05, 0) is 83.6 Å². The molecule has 13 heteroatoms. The van der Waals surface area contributed by atoms with Crippen molar-refractivity contribution in [3.05, 3.63) is 46.6 Å². The molecule has 2 amide bonds. The zero-order valence-electron chi connectivity index (χ0n) is 27.7. The monoisotopic (exact) mass is 640 g/mol. The Morgan fingerprint density at radius 2 is 1.85 bits per heavy atom. The third-order valence-corrected chi connectivity index (χ3v) is 9.51. The third kappa shape index (κ3) is 6.39. The molecule has 1 aromatic carbocycles. The Morgan fingerprint density at radius 1 is 1.13 bits per heavy atom. The number of fused-ring (bicyclic) bond motifs is 1. The molecule has 5 heterocycles. The fourth-order valence-corrected chi connectivity index (χ4v) is 6.35. The molecular weight excluding hydrogens is 597 g/mol. The fourth-order valence-electron chi connectivity index (χ4n) is 6.35. The van der Waals surface area contributed by atoms with E-state index in [1.807, 2.05) is 45.9 Å². The van der Waals surface area contributed by atoms with Crippen molar-refractivity contribution in [3.8, 4) is 0 Å². The Labute approximate surface area is 269 Å². The lowest BCUT2D eigenvalue weighted by Crippen LogP contribution is -2.41. The number of aromatic nitrogens is 1. The van der Waals surface area contributed by atoms with Crippen molar-refractivity contribution in [2.24, 2.45) is 0 Å². The van der Waals surface area contributed by atoms with E-state index in [0.29, 0.717) is 47.0 Å². The predicted octanol–water partition coefficient (Wildman–Crippen LogP) is 5.36. The van der Waals surface area contributed by atoms with E-state index in [1.54, 1.807) is 31.7 Å². The van der Waals surface area contributed by atoms with E-state index < -0.39 is 41.8 Å². The van der Waals surface area contributed by atoms with E-state index in [2.05, 4.69) is 5.32 Å². The quantitative estimate of drug-likeness (QED) is 0.418. The number of ether oxygens (including phenoxy) is 2. The van der Waals surface area contributed by atoms with E-state index in [4.69, 9.17) is 23.8 Å². The molecule has 4 aliphatic rings. The number of pyridine rings is 1. The van der Waals surface area contributed by atoms with Crippen molar-refractivity contribution < 1.29 is 37.2 Å². The van der Waals surface area contributed by atoms with Gasteiger partial charge in [0.2, 0.25) is 0 Å². The highest BCUT2D eigenvalue weighted by molar-refractivity contribution is 6.63. The molecule has 46 heavy (non-hydrogen) atoms. The Morgan fingerprint density at radius 3 is 2.46 bits per heavy atom. The average Bonchev–Trinajstić information content (AvgIpc) is 3.70. The number of likely N-dealkylation sites (tertiary alicyclic amines) is 1. The second kappa shape index (κ2) is 11.5. The lowest BCUT2D eigenvalue weighted by Gasteiger charge is -2.32. The van der Waals surface area contributed by atoms with Crippen LogP contribution in [-0.4, -0.2) is 82.9 Å². The van der Waals surface area contributed by atoms with Gasteiger partial charge in [0.15, 0.2) is 0 Å². The van der Waals surface area contributed by atoms with Crippen LogP contribution in [0.5, 0.6) is 0 Å². The SMILES string of the molecule is CC(C)(C)OC(=O)N1Cc2c(B3OC(C)(C)C(C)(C)O3)ccc(Nc3ccc(C4CCOC4)c(CN4CCC(F)(F)C4)n3)c2C1=O. The lowest BCUT2D eigenvalue weighted by molar-refractivity contribution is 0.00578. The van der Waals surface area contributed by atoms with Crippen LogP contribution in [0.25, 0.3) is 0 Å². The molecule has 10 nitrogen and oxygen atoms in total. The molecule has 1 N–H and O–H groups in total. The molecule has 0 radical (unpaired) electrons. The molecule has 3 saturated heterocycles. The maximum Gasteiger partial charge on any atom is 0.495 e. The van der Waals surface area contributed by atoms with Gasteiger partial charge in [-0.1, -0.05) is 12.1 Å². The van der Waals surface area contributed by atoms with Crippen molar-refractivity contribution in [1.82, 2.24) is 14.8 Å². The molecule has 0 spiro atoms. The summed E-state index contributed by atoms with van der Waals surface area (Å²) in [5.41, 5.74) is 1.66. The van der Waals surface area contributed by atoms with Gasteiger partial charge < -0.3 is 24.1 Å².